The van der Waals surface area contributed by atoms with Gasteiger partial charge in [0, 0.05) is 6.16 Å². The zero-order valence-electron chi connectivity index (χ0n) is 5.28. The van der Waals surface area contributed by atoms with Gasteiger partial charge >= 0.3 is 5.97 Å². The van der Waals surface area contributed by atoms with Gasteiger partial charge in [-0.15, -0.1) is 0 Å². The van der Waals surface area contributed by atoms with Gasteiger partial charge < -0.3 is 15.7 Å². The van der Waals surface area contributed by atoms with Crippen LogP contribution in [0, 0.1) is 0 Å². The quantitative estimate of drug-likeness (QED) is 0.478. The number of hydrogen-bond acceptors (Lipinski definition) is 3. The van der Waals surface area contributed by atoms with E-state index in [0.717, 1.165) is 0 Å². The first-order chi connectivity index (χ1) is 4.54. The Morgan fingerprint density at radius 2 is 2.20 bits per heavy atom. The molecule has 0 saturated heterocycles. The van der Waals surface area contributed by atoms with Crippen LogP contribution in [0.25, 0.3) is 0 Å². The summed E-state index contributed by atoms with van der Waals surface area (Å²) in [5.74, 6) is -1.14. The first kappa shape index (κ1) is 9.62. The van der Waals surface area contributed by atoms with Crippen LogP contribution in [0.3, 0.4) is 0 Å². The van der Waals surface area contributed by atoms with Crippen molar-refractivity contribution in [1.82, 2.24) is 0 Å². The van der Waals surface area contributed by atoms with Crippen LogP contribution in [0.15, 0.2) is 0 Å². The minimum Gasteiger partial charge on any atom is -0.480 e. The van der Waals surface area contributed by atoms with E-state index >= 15 is 0 Å². The first-order valence-corrected chi connectivity index (χ1v) is 4.30. The Kier molecular flexibility index (Phi) is 4.27. The summed E-state index contributed by atoms with van der Waals surface area (Å²) in [7, 11) is -2.56. The van der Waals surface area contributed by atoms with Crippen molar-refractivity contribution < 1.29 is 19.4 Å². The SMILES string of the molecule is N[C@H](CC[PH](=O)O)C(=O)O. The third-order valence-corrected chi connectivity index (χ3v) is 1.70. The monoisotopic (exact) mass is 167 g/mol. The molecule has 0 spiro atoms. The second kappa shape index (κ2) is 4.44. The van der Waals surface area contributed by atoms with Crippen molar-refractivity contribution in [2.24, 2.45) is 5.73 Å². The molecule has 0 fully saturated rings. The van der Waals surface area contributed by atoms with Crippen molar-refractivity contribution in [2.45, 2.75) is 12.5 Å². The van der Waals surface area contributed by atoms with Gasteiger partial charge in [0.05, 0.1) is 0 Å². The molecule has 4 N–H and O–H groups in total. The zero-order valence-corrected chi connectivity index (χ0v) is 6.28. The number of rotatable bonds is 4. The molecule has 0 rings (SSSR count). The second-order valence-corrected chi connectivity index (χ2v) is 3.16. The molecule has 0 radical (unpaired) electrons. The van der Waals surface area contributed by atoms with Gasteiger partial charge in [0.1, 0.15) is 6.04 Å². The predicted molar refractivity (Wildman–Crippen MR) is 36.3 cm³/mol. The third kappa shape index (κ3) is 4.49. The van der Waals surface area contributed by atoms with Gasteiger partial charge in [0.15, 0.2) is 8.03 Å². The topological polar surface area (TPSA) is 101 Å². The van der Waals surface area contributed by atoms with Crippen LogP contribution >= 0.6 is 8.03 Å². The third-order valence-electron chi connectivity index (χ3n) is 0.986. The summed E-state index contributed by atoms with van der Waals surface area (Å²) < 4.78 is 10.1. The second-order valence-electron chi connectivity index (χ2n) is 1.88. The fourth-order valence-corrected chi connectivity index (χ4v) is 0.960. The van der Waals surface area contributed by atoms with E-state index in [-0.39, 0.29) is 12.6 Å². The lowest BCUT2D eigenvalue weighted by atomic mass is 10.2. The Balaban J connectivity index is 3.49. The highest BCUT2D eigenvalue weighted by Gasteiger charge is 2.11. The van der Waals surface area contributed by atoms with Crippen molar-refractivity contribution in [2.75, 3.05) is 6.16 Å². The van der Waals surface area contributed by atoms with Gasteiger partial charge in [0.25, 0.3) is 0 Å². The molecule has 1 unspecified atom stereocenters. The van der Waals surface area contributed by atoms with Crippen molar-refractivity contribution in [3.63, 3.8) is 0 Å². The van der Waals surface area contributed by atoms with Crippen LogP contribution in [0.1, 0.15) is 6.42 Å². The Morgan fingerprint density at radius 3 is 2.50 bits per heavy atom. The fraction of sp³-hybridized carbons (Fsp3) is 0.750. The van der Waals surface area contributed by atoms with Gasteiger partial charge in [-0.1, -0.05) is 0 Å². The van der Waals surface area contributed by atoms with E-state index < -0.39 is 20.0 Å². The number of carboxylic acids is 1. The van der Waals surface area contributed by atoms with Gasteiger partial charge in [-0.2, -0.15) is 0 Å². The molecular formula is C4H10NO4P. The Bertz CT molecular complexity index is 148. The lowest BCUT2D eigenvalue weighted by Crippen LogP contribution is -2.30. The highest BCUT2D eigenvalue weighted by molar-refractivity contribution is 7.37. The summed E-state index contributed by atoms with van der Waals surface area (Å²) in [6.45, 7) is 0. The summed E-state index contributed by atoms with van der Waals surface area (Å²) in [5.41, 5.74) is 5.03. The largest absolute Gasteiger partial charge is 0.480 e. The standard InChI is InChI=1S/C4H10NO4P/c5-3(4(6)7)1-2-10(8)9/h3,10H,1-2,5H2,(H,6,7)(H,8,9)/t3-/m1/s1. The van der Waals surface area contributed by atoms with E-state index in [0.29, 0.717) is 0 Å². The summed E-state index contributed by atoms with van der Waals surface area (Å²) in [4.78, 5) is 18.3. The number of carbonyl (C=O) groups is 1. The van der Waals surface area contributed by atoms with Gasteiger partial charge in [-0.3, -0.25) is 9.36 Å². The van der Waals surface area contributed by atoms with E-state index in [9.17, 15) is 9.36 Å². The number of hydrogen-bond donors (Lipinski definition) is 3. The maximum Gasteiger partial charge on any atom is 0.320 e. The molecule has 0 aromatic heterocycles. The van der Waals surface area contributed by atoms with Crippen LogP contribution < -0.4 is 5.73 Å². The molecule has 0 aromatic carbocycles. The molecule has 0 aliphatic rings. The zero-order chi connectivity index (χ0) is 8.15. The predicted octanol–water partition coefficient (Wildman–Crippen LogP) is -0.745. The average molecular weight is 167 g/mol. The molecule has 60 valence electrons. The molecule has 0 heterocycles. The minimum absolute atomic E-state index is 0.0157. The summed E-state index contributed by atoms with van der Waals surface area (Å²) in [6, 6.07) is -1.01. The normalized spacial score (nSPS) is 16.2. The lowest BCUT2D eigenvalue weighted by Gasteiger charge is -2.02. The summed E-state index contributed by atoms with van der Waals surface area (Å²) in [5, 5.41) is 8.20. The van der Waals surface area contributed by atoms with Gasteiger partial charge in [0.2, 0.25) is 0 Å². The van der Waals surface area contributed by atoms with Crippen LogP contribution in [-0.2, 0) is 9.36 Å². The Hall–Kier alpha value is -0.380. The number of nitrogens with two attached hydrogens (primary N) is 1. The molecule has 0 amide bonds. The van der Waals surface area contributed by atoms with Crippen LogP contribution in [-0.4, -0.2) is 28.2 Å². The smallest absolute Gasteiger partial charge is 0.320 e. The van der Waals surface area contributed by atoms with E-state index in [1.165, 1.54) is 0 Å². The first-order valence-electron chi connectivity index (χ1n) is 2.74. The van der Waals surface area contributed by atoms with Crippen LogP contribution in [0.4, 0.5) is 0 Å². The Morgan fingerprint density at radius 1 is 1.70 bits per heavy atom. The van der Waals surface area contributed by atoms with E-state index in [2.05, 4.69) is 0 Å². The van der Waals surface area contributed by atoms with Crippen LogP contribution in [0.2, 0.25) is 0 Å². The Labute approximate surface area is 58.7 Å². The summed E-state index contributed by atoms with van der Waals surface area (Å²) >= 11 is 0. The summed E-state index contributed by atoms with van der Waals surface area (Å²) in [6.07, 6.45) is 0.0434. The lowest BCUT2D eigenvalue weighted by molar-refractivity contribution is -0.138. The van der Waals surface area contributed by atoms with Crippen LogP contribution in [0.5, 0.6) is 0 Å². The molecule has 0 bridgehead atoms. The van der Waals surface area contributed by atoms with E-state index in [1.807, 2.05) is 0 Å². The number of aliphatic carboxylic acids is 1. The highest BCUT2D eigenvalue weighted by atomic mass is 31.1. The van der Waals surface area contributed by atoms with Gasteiger partial charge in [-0.05, 0) is 6.42 Å². The molecule has 0 aliphatic carbocycles. The molecule has 2 atom stereocenters. The molecular weight excluding hydrogens is 157 g/mol. The average Bonchev–Trinajstić information content (AvgIpc) is 1.82. The molecule has 0 saturated carbocycles. The maximum atomic E-state index is 10.1. The molecule has 5 nitrogen and oxygen atoms in total. The molecule has 10 heavy (non-hydrogen) atoms. The maximum absolute atomic E-state index is 10.1. The van der Waals surface area contributed by atoms with Crippen molar-refractivity contribution in [1.29, 1.82) is 0 Å². The van der Waals surface area contributed by atoms with E-state index in [1.54, 1.807) is 0 Å². The molecule has 0 aliphatic heterocycles. The molecule has 0 aromatic rings. The number of carboxylic acid groups (broad SMARTS) is 1. The van der Waals surface area contributed by atoms with Crippen molar-refractivity contribution >= 4 is 14.0 Å². The van der Waals surface area contributed by atoms with Gasteiger partial charge in [-0.25, -0.2) is 0 Å². The van der Waals surface area contributed by atoms with E-state index in [4.69, 9.17) is 15.7 Å². The van der Waals surface area contributed by atoms with Crippen molar-refractivity contribution in [3.05, 3.63) is 0 Å². The fourth-order valence-electron chi connectivity index (χ4n) is 0.402. The highest BCUT2D eigenvalue weighted by Crippen LogP contribution is 2.14. The minimum atomic E-state index is -2.56. The molecule has 6 heteroatoms. The van der Waals surface area contributed by atoms with Crippen molar-refractivity contribution in [3.8, 4) is 0 Å².